The first-order valence-electron chi connectivity index (χ1n) is 4.19. The number of carboxylic acids is 1. The molecule has 72 valence electrons. The van der Waals surface area contributed by atoms with Crippen molar-refractivity contribution in [1.29, 1.82) is 0 Å². The van der Waals surface area contributed by atoms with Crippen molar-refractivity contribution < 1.29 is 14.7 Å². The van der Waals surface area contributed by atoms with Gasteiger partial charge in [0.2, 0.25) is 0 Å². The second-order valence-electron chi connectivity index (χ2n) is 3.10. The van der Waals surface area contributed by atoms with Crippen LogP contribution in [0.3, 0.4) is 0 Å². The maximum absolute atomic E-state index is 10.1. The highest BCUT2D eigenvalue weighted by Gasteiger charge is 1.96. The van der Waals surface area contributed by atoms with Gasteiger partial charge in [0.1, 0.15) is 0 Å². The molecule has 0 aliphatic rings. The van der Waals surface area contributed by atoms with Gasteiger partial charge in [0, 0.05) is 13.0 Å². The van der Waals surface area contributed by atoms with Gasteiger partial charge in [-0.3, -0.25) is 4.79 Å². The Labute approximate surface area is 72.9 Å². The Bertz CT molecular complexity index is 125. The standard InChI is InChI=1S/C8H17NO3/c1-7(2)6-12-9-5-3-4-8(10)11/h7,9H,3-6H2,1-2H3,(H,10,11). The lowest BCUT2D eigenvalue weighted by Gasteiger charge is -2.06. The third-order valence-corrected chi connectivity index (χ3v) is 1.19. The van der Waals surface area contributed by atoms with Crippen LogP contribution in [-0.2, 0) is 9.63 Å². The minimum absolute atomic E-state index is 0.192. The summed E-state index contributed by atoms with van der Waals surface area (Å²) in [5.74, 6) is -0.266. The molecule has 12 heavy (non-hydrogen) atoms. The molecule has 0 saturated heterocycles. The number of carbonyl (C=O) groups is 1. The SMILES string of the molecule is CC(C)CONCCCC(=O)O. The average Bonchev–Trinajstić information content (AvgIpc) is 1.95. The van der Waals surface area contributed by atoms with Gasteiger partial charge in [-0.1, -0.05) is 13.8 Å². The third kappa shape index (κ3) is 9.39. The molecule has 0 radical (unpaired) electrons. The van der Waals surface area contributed by atoms with Crippen LogP contribution in [0.5, 0.6) is 0 Å². The number of hydrogen-bond acceptors (Lipinski definition) is 3. The van der Waals surface area contributed by atoms with Crippen LogP contribution in [0.1, 0.15) is 26.7 Å². The molecule has 0 spiro atoms. The monoisotopic (exact) mass is 175 g/mol. The summed E-state index contributed by atoms with van der Waals surface area (Å²) < 4.78 is 0. The maximum atomic E-state index is 10.1. The Hall–Kier alpha value is -0.610. The molecule has 0 heterocycles. The van der Waals surface area contributed by atoms with Crippen LogP contribution in [0.15, 0.2) is 0 Å². The molecular weight excluding hydrogens is 158 g/mol. The van der Waals surface area contributed by atoms with E-state index in [0.29, 0.717) is 25.5 Å². The number of rotatable bonds is 7. The van der Waals surface area contributed by atoms with E-state index in [1.165, 1.54) is 0 Å². The Balaban J connectivity index is 2.96. The van der Waals surface area contributed by atoms with Gasteiger partial charge in [0.05, 0.1) is 6.61 Å². The molecule has 4 nitrogen and oxygen atoms in total. The van der Waals surface area contributed by atoms with Gasteiger partial charge in [-0.25, -0.2) is 5.48 Å². The number of carboxylic acid groups (broad SMARTS) is 1. The van der Waals surface area contributed by atoms with Crippen LogP contribution in [-0.4, -0.2) is 24.2 Å². The van der Waals surface area contributed by atoms with Gasteiger partial charge >= 0.3 is 5.97 Å². The highest BCUT2D eigenvalue weighted by molar-refractivity contribution is 5.66. The topological polar surface area (TPSA) is 58.6 Å². The molecule has 0 saturated carbocycles. The molecule has 0 aromatic carbocycles. The van der Waals surface area contributed by atoms with Gasteiger partial charge in [0.25, 0.3) is 0 Å². The largest absolute Gasteiger partial charge is 0.481 e. The summed E-state index contributed by atoms with van der Waals surface area (Å²) in [4.78, 5) is 15.1. The van der Waals surface area contributed by atoms with E-state index in [-0.39, 0.29) is 6.42 Å². The summed E-state index contributed by atoms with van der Waals surface area (Å²) >= 11 is 0. The Morgan fingerprint density at radius 2 is 2.25 bits per heavy atom. The first-order chi connectivity index (χ1) is 5.63. The van der Waals surface area contributed by atoms with Crippen molar-refractivity contribution in [2.75, 3.05) is 13.2 Å². The fraction of sp³-hybridized carbons (Fsp3) is 0.875. The van der Waals surface area contributed by atoms with Crippen LogP contribution in [0.2, 0.25) is 0 Å². The van der Waals surface area contributed by atoms with Gasteiger partial charge in [-0.2, -0.15) is 0 Å². The van der Waals surface area contributed by atoms with Gasteiger partial charge < -0.3 is 9.94 Å². The van der Waals surface area contributed by atoms with Crippen molar-refractivity contribution in [3.05, 3.63) is 0 Å². The molecule has 0 amide bonds. The van der Waals surface area contributed by atoms with Crippen LogP contribution < -0.4 is 5.48 Å². The predicted molar refractivity (Wildman–Crippen MR) is 45.7 cm³/mol. The summed E-state index contributed by atoms with van der Waals surface area (Å²) in [6.07, 6.45) is 0.797. The second kappa shape index (κ2) is 7.06. The molecule has 2 N–H and O–H groups in total. The van der Waals surface area contributed by atoms with Crippen molar-refractivity contribution in [2.24, 2.45) is 5.92 Å². The third-order valence-electron chi connectivity index (χ3n) is 1.19. The smallest absolute Gasteiger partial charge is 0.303 e. The predicted octanol–water partition coefficient (Wildman–Crippen LogP) is 1.03. The quantitative estimate of drug-likeness (QED) is 0.448. The van der Waals surface area contributed by atoms with Crippen molar-refractivity contribution in [1.82, 2.24) is 5.48 Å². The number of hydroxylamine groups is 1. The molecule has 0 bridgehead atoms. The van der Waals surface area contributed by atoms with E-state index < -0.39 is 5.97 Å². The highest BCUT2D eigenvalue weighted by atomic mass is 16.6. The van der Waals surface area contributed by atoms with Gasteiger partial charge in [-0.05, 0) is 12.3 Å². The first kappa shape index (κ1) is 11.4. The normalized spacial score (nSPS) is 10.6. The molecule has 0 aromatic heterocycles. The molecule has 0 fully saturated rings. The van der Waals surface area contributed by atoms with Crippen LogP contribution in [0.4, 0.5) is 0 Å². The summed E-state index contributed by atoms with van der Waals surface area (Å²) in [5, 5.41) is 8.29. The minimum Gasteiger partial charge on any atom is -0.481 e. The van der Waals surface area contributed by atoms with Gasteiger partial charge in [-0.15, -0.1) is 0 Å². The Morgan fingerprint density at radius 1 is 1.58 bits per heavy atom. The van der Waals surface area contributed by atoms with Crippen molar-refractivity contribution >= 4 is 5.97 Å². The minimum atomic E-state index is -0.763. The van der Waals surface area contributed by atoms with Crippen molar-refractivity contribution in [2.45, 2.75) is 26.7 Å². The second-order valence-corrected chi connectivity index (χ2v) is 3.10. The lowest BCUT2D eigenvalue weighted by molar-refractivity contribution is -0.137. The number of hydrogen-bond donors (Lipinski definition) is 2. The zero-order valence-electron chi connectivity index (χ0n) is 7.67. The molecule has 0 aromatic rings. The van der Waals surface area contributed by atoms with Gasteiger partial charge in [0.15, 0.2) is 0 Å². The van der Waals surface area contributed by atoms with E-state index >= 15 is 0 Å². The van der Waals surface area contributed by atoms with E-state index in [1.807, 2.05) is 0 Å². The lowest BCUT2D eigenvalue weighted by Crippen LogP contribution is -2.19. The van der Waals surface area contributed by atoms with E-state index in [0.717, 1.165) is 0 Å². The lowest BCUT2D eigenvalue weighted by atomic mass is 10.2. The zero-order valence-corrected chi connectivity index (χ0v) is 7.67. The van der Waals surface area contributed by atoms with E-state index in [1.54, 1.807) is 0 Å². The number of aliphatic carboxylic acids is 1. The van der Waals surface area contributed by atoms with Crippen LogP contribution in [0.25, 0.3) is 0 Å². The molecule has 0 rings (SSSR count). The van der Waals surface area contributed by atoms with E-state index in [4.69, 9.17) is 9.94 Å². The first-order valence-corrected chi connectivity index (χ1v) is 4.19. The molecule has 0 aliphatic carbocycles. The summed E-state index contributed by atoms with van der Waals surface area (Å²) in [6, 6.07) is 0. The maximum Gasteiger partial charge on any atom is 0.303 e. The molecule has 4 heteroatoms. The summed E-state index contributed by atoms with van der Waals surface area (Å²) in [6.45, 7) is 5.37. The van der Waals surface area contributed by atoms with E-state index in [2.05, 4.69) is 19.3 Å². The van der Waals surface area contributed by atoms with E-state index in [9.17, 15) is 4.79 Å². The molecular formula is C8H17NO3. The fourth-order valence-corrected chi connectivity index (χ4v) is 0.610. The molecule has 0 aliphatic heterocycles. The number of nitrogens with one attached hydrogen (secondary N) is 1. The highest BCUT2D eigenvalue weighted by Crippen LogP contribution is 1.90. The zero-order chi connectivity index (χ0) is 9.40. The molecule has 0 atom stereocenters. The van der Waals surface area contributed by atoms with Crippen molar-refractivity contribution in [3.8, 4) is 0 Å². The Kier molecular flexibility index (Phi) is 6.70. The molecule has 0 unspecified atom stereocenters. The summed E-state index contributed by atoms with van der Waals surface area (Å²) in [5.41, 5.74) is 2.71. The summed E-state index contributed by atoms with van der Waals surface area (Å²) in [7, 11) is 0. The fourth-order valence-electron chi connectivity index (χ4n) is 0.610. The average molecular weight is 175 g/mol. The Morgan fingerprint density at radius 3 is 2.75 bits per heavy atom. The van der Waals surface area contributed by atoms with Crippen LogP contribution in [0, 0.1) is 5.92 Å². The van der Waals surface area contributed by atoms with Crippen molar-refractivity contribution in [3.63, 3.8) is 0 Å². The van der Waals surface area contributed by atoms with Crippen LogP contribution >= 0.6 is 0 Å².